The molecule has 0 bridgehead atoms. The van der Waals surface area contributed by atoms with Crippen molar-refractivity contribution in [1.29, 1.82) is 0 Å². The van der Waals surface area contributed by atoms with Gasteiger partial charge in [-0.1, -0.05) is 0 Å². The van der Waals surface area contributed by atoms with Crippen LogP contribution in [0.4, 0.5) is 0 Å². The maximum atomic E-state index is 11.5. The average Bonchev–Trinajstić information content (AvgIpc) is 2.82. The standard InChI is InChI=1S/C8H11N2O2.Y/c11-5-9-7-3-4-10(8(7)12)6-1-2-6;/h6-7H,1-4H2,(H,9,11);/q-1;. The van der Waals surface area contributed by atoms with E-state index >= 15 is 0 Å². The molecule has 2 aliphatic rings. The number of hydrogen-bond donors (Lipinski definition) is 1. The monoisotopic (exact) mass is 256 g/mol. The van der Waals surface area contributed by atoms with Crippen LogP contribution in [0.15, 0.2) is 0 Å². The van der Waals surface area contributed by atoms with E-state index < -0.39 is 0 Å². The van der Waals surface area contributed by atoms with Crippen LogP contribution in [0.2, 0.25) is 0 Å². The van der Waals surface area contributed by atoms with Crippen molar-refractivity contribution in [2.75, 3.05) is 6.54 Å². The Labute approximate surface area is 102 Å². The molecule has 13 heavy (non-hydrogen) atoms. The van der Waals surface area contributed by atoms with Crippen molar-refractivity contribution in [3.8, 4) is 0 Å². The van der Waals surface area contributed by atoms with Crippen LogP contribution in [0, 0.1) is 0 Å². The van der Waals surface area contributed by atoms with Gasteiger partial charge >= 0.3 is 0 Å². The van der Waals surface area contributed by atoms with E-state index in [-0.39, 0.29) is 44.7 Å². The molecule has 1 aliphatic carbocycles. The van der Waals surface area contributed by atoms with Crippen molar-refractivity contribution in [2.24, 2.45) is 0 Å². The summed E-state index contributed by atoms with van der Waals surface area (Å²) in [7, 11) is 0. The summed E-state index contributed by atoms with van der Waals surface area (Å²) >= 11 is 0. The molecule has 1 radical (unpaired) electrons. The number of likely N-dealkylation sites (tertiary alicyclic amines) is 1. The van der Waals surface area contributed by atoms with Crippen molar-refractivity contribution >= 4 is 12.3 Å². The number of hydrogen-bond acceptors (Lipinski definition) is 2. The number of rotatable bonds is 3. The van der Waals surface area contributed by atoms with E-state index in [0.29, 0.717) is 6.04 Å². The Morgan fingerprint density at radius 3 is 2.62 bits per heavy atom. The van der Waals surface area contributed by atoms with E-state index in [1.807, 2.05) is 4.90 Å². The molecule has 2 fully saturated rings. The molecule has 1 aliphatic heterocycles. The Hall–Kier alpha value is 0.0439. The molecule has 1 N–H and O–H groups in total. The van der Waals surface area contributed by atoms with Gasteiger partial charge in [0.25, 0.3) is 0 Å². The minimum Gasteiger partial charge on any atom is -0.520 e. The Kier molecular flexibility index (Phi) is 3.86. The second-order valence-electron chi connectivity index (χ2n) is 3.35. The van der Waals surface area contributed by atoms with Crippen molar-refractivity contribution in [3.05, 3.63) is 0 Å². The first kappa shape index (κ1) is 11.1. The quantitative estimate of drug-likeness (QED) is 0.541. The van der Waals surface area contributed by atoms with Crippen molar-refractivity contribution < 1.29 is 42.3 Å². The van der Waals surface area contributed by atoms with Gasteiger partial charge in [0, 0.05) is 45.3 Å². The minimum atomic E-state index is -0.303. The van der Waals surface area contributed by atoms with Crippen LogP contribution in [-0.2, 0) is 42.3 Å². The van der Waals surface area contributed by atoms with Crippen molar-refractivity contribution in [3.63, 3.8) is 0 Å². The van der Waals surface area contributed by atoms with E-state index in [0.717, 1.165) is 25.8 Å². The van der Waals surface area contributed by atoms with Crippen molar-refractivity contribution in [1.82, 2.24) is 10.2 Å². The van der Waals surface area contributed by atoms with Gasteiger partial charge in [0.2, 0.25) is 5.91 Å². The molecular formula is C8H11N2O2Y-. The Morgan fingerprint density at radius 1 is 1.38 bits per heavy atom. The molecule has 5 heteroatoms. The smallest absolute Gasteiger partial charge is 0.242 e. The number of carbonyl (C=O) groups is 1. The van der Waals surface area contributed by atoms with Crippen LogP contribution >= 0.6 is 0 Å². The summed E-state index contributed by atoms with van der Waals surface area (Å²) in [5.74, 6) is 0.0702. The van der Waals surface area contributed by atoms with Gasteiger partial charge in [-0.2, -0.15) is 6.41 Å². The Morgan fingerprint density at radius 2 is 2.08 bits per heavy atom. The first-order chi connectivity index (χ1) is 5.83. The van der Waals surface area contributed by atoms with Crippen LogP contribution in [0.5, 0.6) is 0 Å². The summed E-state index contributed by atoms with van der Waals surface area (Å²) in [4.78, 5) is 23.3. The van der Waals surface area contributed by atoms with Crippen LogP contribution in [-0.4, -0.2) is 35.8 Å². The fourth-order valence-electron chi connectivity index (χ4n) is 1.66. The number of carbonyl (C=O) groups excluding carboxylic acids is 2. The third kappa shape index (κ3) is 2.29. The van der Waals surface area contributed by atoms with Crippen molar-refractivity contribution in [2.45, 2.75) is 31.3 Å². The fraction of sp³-hybridized carbons (Fsp3) is 0.750. The SMILES string of the molecule is O=[C-]NC1CCN(C2CC2)C1=O.[Y]. The Balaban J connectivity index is 0.000000845. The second-order valence-corrected chi connectivity index (χ2v) is 3.35. The molecule has 1 atom stereocenters. The molecule has 69 valence electrons. The van der Waals surface area contributed by atoms with Gasteiger partial charge in [-0.3, -0.25) is 4.79 Å². The second kappa shape index (κ2) is 4.51. The zero-order valence-electron chi connectivity index (χ0n) is 7.32. The molecule has 0 spiro atoms. The van der Waals surface area contributed by atoms with Crippen LogP contribution < -0.4 is 5.32 Å². The number of nitrogens with one attached hydrogen (secondary N) is 1. The molecule has 1 unspecified atom stereocenters. The van der Waals surface area contributed by atoms with E-state index in [2.05, 4.69) is 5.32 Å². The van der Waals surface area contributed by atoms with Gasteiger partial charge in [-0.15, -0.1) is 0 Å². The fourth-order valence-corrected chi connectivity index (χ4v) is 1.66. The average molecular weight is 256 g/mol. The summed E-state index contributed by atoms with van der Waals surface area (Å²) in [6, 6.07) is 0.166. The molecule has 1 saturated heterocycles. The molecule has 2 rings (SSSR count). The molecular weight excluding hydrogens is 245 g/mol. The summed E-state index contributed by atoms with van der Waals surface area (Å²) in [6.07, 6.45) is 4.57. The zero-order chi connectivity index (χ0) is 8.55. The molecule has 2 amide bonds. The van der Waals surface area contributed by atoms with Crippen LogP contribution in [0.1, 0.15) is 19.3 Å². The third-order valence-electron chi connectivity index (χ3n) is 2.46. The largest absolute Gasteiger partial charge is 0.520 e. The maximum Gasteiger partial charge on any atom is 0.242 e. The van der Waals surface area contributed by atoms with Gasteiger partial charge in [0.1, 0.15) is 0 Å². The van der Waals surface area contributed by atoms with Gasteiger partial charge < -0.3 is 15.0 Å². The molecule has 0 aromatic heterocycles. The van der Waals surface area contributed by atoms with E-state index in [1.54, 1.807) is 6.41 Å². The molecule has 1 heterocycles. The van der Waals surface area contributed by atoms with Gasteiger partial charge in [0.15, 0.2) is 0 Å². The molecule has 4 nitrogen and oxygen atoms in total. The van der Waals surface area contributed by atoms with E-state index in [1.165, 1.54) is 0 Å². The summed E-state index contributed by atoms with van der Waals surface area (Å²) < 4.78 is 0. The normalized spacial score (nSPS) is 26.9. The van der Waals surface area contributed by atoms with Crippen LogP contribution in [0.25, 0.3) is 0 Å². The first-order valence-corrected chi connectivity index (χ1v) is 4.26. The summed E-state index contributed by atoms with van der Waals surface area (Å²) in [6.45, 7) is 0.794. The maximum absolute atomic E-state index is 11.5. The predicted molar refractivity (Wildman–Crippen MR) is 42.0 cm³/mol. The third-order valence-corrected chi connectivity index (χ3v) is 2.46. The topological polar surface area (TPSA) is 49.4 Å². The summed E-state index contributed by atoms with van der Waals surface area (Å²) in [5, 5.41) is 2.41. The molecule has 0 aromatic rings. The zero-order valence-corrected chi connectivity index (χ0v) is 10.2. The first-order valence-electron chi connectivity index (χ1n) is 4.26. The van der Waals surface area contributed by atoms with Gasteiger partial charge in [-0.05, 0) is 19.3 Å². The summed E-state index contributed by atoms with van der Waals surface area (Å²) in [5.41, 5.74) is 0. The number of amides is 2. The van der Waals surface area contributed by atoms with Gasteiger partial charge in [0.05, 0.1) is 6.04 Å². The minimum absolute atomic E-state index is 0. The number of nitrogens with zero attached hydrogens (tertiary/aromatic N) is 1. The molecule has 1 saturated carbocycles. The van der Waals surface area contributed by atoms with Crippen LogP contribution in [0.3, 0.4) is 0 Å². The Bertz CT molecular complexity index is 218. The predicted octanol–water partition coefficient (Wildman–Crippen LogP) is -0.596. The van der Waals surface area contributed by atoms with E-state index in [9.17, 15) is 9.59 Å². The van der Waals surface area contributed by atoms with Gasteiger partial charge in [-0.25, -0.2) is 0 Å². The van der Waals surface area contributed by atoms with E-state index in [4.69, 9.17) is 0 Å². The molecule has 0 aromatic carbocycles.